The lowest BCUT2D eigenvalue weighted by Gasteiger charge is -2.30. The molecule has 2 N–H and O–H groups in total. The molecule has 1 atom stereocenters. The number of hydrogen-bond acceptors (Lipinski definition) is 3. The van der Waals surface area contributed by atoms with Crippen LogP contribution in [-0.2, 0) is 0 Å². The highest BCUT2D eigenvalue weighted by Gasteiger charge is 2.17. The van der Waals surface area contributed by atoms with Crippen LogP contribution in [0.1, 0.15) is 12.8 Å². The zero-order valence-corrected chi connectivity index (χ0v) is 15.6. The second-order valence-corrected chi connectivity index (χ2v) is 7.56. The Kier molecular flexibility index (Phi) is 8.06. The van der Waals surface area contributed by atoms with Crippen molar-refractivity contribution in [1.82, 2.24) is 15.5 Å². The largest absolute Gasteiger partial charge is 0.356 e. The van der Waals surface area contributed by atoms with Crippen LogP contribution < -0.4 is 10.6 Å². The van der Waals surface area contributed by atoms with E-state index in [1.807, 2.05) is 30.9 Å². The maximum atomic E-state index is 5.89. The molecule has 1 aromatic carbocycles. The highest BCUT2D eigenvalue weighted by Crippen LogP contribution is 2.19. The molecule has 1 aliphatic rings. The van der Waals surface area contributed by atoms with Gasteiger partial charge in [0.05, 0.1) is 0 Å². The lowest BCUT2D eigenvalue weighted by Crippen LogP contribution is -2.44. The number of benzene rings is 1. The van der Waals surface area contributed by atoms with E-state index in [1.54, 1.807) is 0 Å². The first-order valence-electron chi connectivity index (χ1n) is 8.19. The minimum absolute atomic E-state index is 0.718. The summed E-state index contributed by atoms with van der Waals surface area (Å²) in [5.74, 6) is 2.61. The number of hydrogen-bond donors (Lipinski definition) is 2. The van der Waals surface area contributed by atoms with Gasteiger partial charge in [0.1, 0.15) is 0 Å². The number of likely N-dealkylation sites (tertiary alicyclic amines) is 1. The maximum absolute atomic E-state index is 5.89. The van der Waals surface area contributed by atoms with Crippen LogP contribution in [0.5, 0.6) is 0 Å². The Morgan fingerprint density at radius 2 is 2.13 bits per heavy atom. The van der Waals surface area contributed by atoms with Gasteiger partial charge in [0.15, 0.2) is 5.96 Å². The summed E-state index contributed by atoms with van der Waals surface area (Å²) >= 11 is 7.71. The van der Waals surface area contributed by atoms with Crippen molar-refractivity contribution >= 4 is 29.3 Å². The number of halogens is 1. The minimum atomic E-state index is 0.718. The Morgan fingerprint density at radius 1 is 1.35 bits per heavy atom. The standard InChI is InChI=1S/C17H27ClN4S/c1-19-17(21-12-14-4-3-10-22(2)13-14)20-9-11-23-16-7-5-15(18)6-8-16/h5-8,14H,3-4,9-13H2,1-2H3,(H2,19,20,21). The van der Waals surface area contributed by atoms with Crippen LogP contribution in [0.3, 0.4) is 0 Å². The molecule has 0 aliphatic carbocycles. The van der Waals surface area contributed by atoms with E-state index in [2.05, 4.69) is 39.7 Å². The number of guanidine groups is 1. The summed E-state index contributed by atoms with van der Waals surface area (Å²) < 4.78 is 0. The predicted molar refractivity (Wildman–Crippen MR) is 102 cm³/mol. The van der Waals surface area contributed by atoms with E-state index in [0.29, 0.717) is 0 Å². The first kappa shape index (κ1) is 18.4. The molecule has 4 nitrogen and oxygen atoms in total. The maximum Gasteiger partial charge on any atom is 0.191 e. The van der Waals surface area contributed by atoms with E-state index in [9.17, 15) is 0 Å². The molecule has 128 valence electrons. The van der Waals surface area contributed by atoms with Crippen LogP contribution in [0.25, 0.3) is 0 Å². The molecular weight excluding hydrogens is 328 g/mol. The van der Waals surface area contributed by atoms with E-state index in [4.69, 9.17) is 11.6 Å². The van der Waals surface area contributed by atoms with Crippen LogP contribution in [0.2, 0.25) is 5.02 Å². The molecule has 1 aliphatic heterocycles. The SMILES string of the molecule is CN=C(NCCSc1ccc(Cl)cc1)NCC1CCCN(C)C1. The number of nitrogens with one attached hydrogen (secondary N) is 2. The minimum Gasteiger partial charge on any atom is -0.356 e. The summed E-state index contributed by atoms with van der Waals surface area (Å²) in [7, 11) is 4.03. The van der Waals surface area contributed by atoms with Gasteiger partial charge in [0, 0.05) is 42.4 Å². The Bertz CT molecular complexity index is 492. The lowest BCUT2D eigenvalue weighted by atomic mass is 9.99. The molecule has 23 heavy (non-hydrogen) atoms. The third-order valence-electron chi connectivity index (χ3n) is 3.98. The lowest BCUT2D eigenvalue weighted by molar-refractivity contribution is 0.210. The fourth-order valence-electron chi connectivity index (χ4n) is 2.77. The Hall–Kier alpha value is -0.910. The van der Waals surface area contributed by atoms with Crippen LogP contribution in [-0.4, -0.2) is 56.9 Å². The monoisotopic (exact) mass is 354 g/mol. The molecule has 1 aromatic rings. The van der Waals surface area contributed by atoms with Gasteiger partial charge >= 0.3 is 0 Å². The Morgan fingerprint density at radius 3 is 2.83 bits per heavy atom. The first-order valence-corrected chi connectivity index (χ1v) is 9.55. The summed E-state index contributed by atoms with van der Waals surface area (Å²) in [4.78, 5) is 7.95. The zero-order chi connectivity index (χ0) is 16.5. The molecule has 6 heteroatoms. The summed E-state index contributed by atoms with van der Waals surface area (Å²) in [6.07, 6.45) is 2.60. The number of nitrogens with zero attached hydrogens (tertiary/aromatic N) is 2. The summed E-state index contributed by atoms with van der Waals surface area (Å²) in [6, 6.07) is 7.97. The van der Waals surface area contributed by atoms with Crippen LogP contribution >= 0.6 is 23.4 Å². The summed E-state index contributed by atoms with van der Waals surface area (Å²) in [5.41, 5.74) is 0. The van der Waals surface area contributed by atoms with Gasteiger partial charge in [-0.2, -0.15) is 0 Å². The van der Waals surface area contributed by atoms with Gasteiger partial charge in [-0.3, -0.25) is 4.99 Å². The van der Waals surface area contributed by atoms with E-state index in [0.717, 1.165) is 35.7 Å². The van der Waals surface area contributed by atoms with Crippen LogP contribution in [0.4, 0.5) is 0 Å². The molecule has 1 fully saturated rings. The van der Waals surface area contributed by atoms with Gasteiger partial charge < -0.3 is 15.5 Å². The fourth-order valence-corrected chi connectivity index (χ4v) is 3.66. The molecule has 1 unspecified atom stereocenters. The van der Waals surface area contributed by atoms with Crippen molar-refractivity contribution in [2.75, 3.05) is 46.0 Å². The highest BCUT2D eigenvalue weighted by atomic mass is 35.5. The average molecular weight is 355 g/mol. The predicted octanol–water partition coefficient (Wildman–Crippen LogP) is 2.94. The summed E-state index contributed by atoms with van der Waals surface area (Å²) in [6.45, 7) is 4.29. The van der Waals surface area contributed by atoms with Crippen molar-refractivity contribution < 1.29 is 0 Å². The van der Waals surface area contributed by atoms with Crippen molar-refractivity contribution in [2.45, 2.75) is 17.7 Å². The first-order chi connectivity index (χ1) is 11.2. The number of aliphatic imine (C=N–C) groups is 1. The molecule has 0 spiro atoms. The number of rotatable bonds is 6. The van der Waals surface area contributed by atoms with Crippen LogP contribution in [0.15, 0.2) is 34.2 Å². The molecule has 0 radical (unpaired) electrons. The second kappa shape index (κ2) is 10.1. The van der Waals surface area contributed by atoms with E-state index in [-0.39, 0.29) is 0 Å². The van der Waals surface area contributed by atoms with Gasteiger partial charge in [-0.25, -0.2) is 0 Å². The van der Waals surface area contributed by atoms with E-state index in [1.165, 1.54) is 30.8 Å². The molecular formula is C17H27ClN4S. The third kappa shape index (κ3) is 7.02. The normalized spacial score (nSPS) is 19.6. The summed E-state index contributed by atoms with van der Waals surface area (Å²) in [5, 5.41) is 7.61. The van der Waals surface area contributed by atoms with Gasteiger partial charge in [0.25, 0.3) is 0 Å². The van der Waals surface area contributed by atoms with Crippen molar-refractivity contribution in [2.24, 2.45) is 10.9 Å². The van der Waals surface area contributed by atoms with Gasteiger partial charge in [0.2, 0.25) is 0 Å². The van der Waals surface area contributed by atoms with Crippen molar-refractivity contribution in [3.8, 4) is 0 Å². The Balaban J connectivity index is 1.62. The smallest absolute Gasteiger partial charge is 0.191 e. The number of piperidine rings is 1. The third-order valence-corrected chi connectivity index (χ3v) is 5.25. The van der Waals surface area contributed by atoms with E-state index >= 15 is 0 Å². The molecule has 0 amide bonds. The van der Waals surface area contributed by atoms with Crippen molar-refractivity contribution in [3.63, 3.8) is 0 Å². The van der Waals surface area contributed by atoms with Crippen molar-refractivity contribution in [1.29, 1.82) is 0 Å². The van der Waals surface area contributed by atoms with Gasteiger partial charge in [-0.05, 0) is 56.6 Å². The molecule has 2 rings (SSSR count). The van der Waals surface area contributed by atoms with Crippen LogP contribution in [0, 0.1) is 5.92 Å². The molecule has 0 aromatic heterocycles. The quantitative estimate of drug-likeness (QED) is 0.356. The second-order valence-electron chi connectivity index (χ2n) is 5.95. The average Bonchev–Trinajstić information content (AvgIpc) is 2.56. The fraction of sp³-hybridized carbons (Fsp3) is 0.588. The molecule has 1 heterocycles. The van der Waals surface area contributed by atoms with E-state index < -0.39 is 0 Å². The molecule has 1 saturated heterocycles. The van der Waals surface area contributed by atoms with Gasteiger partial charge in [-0.15, -0.1) is 11.8 Å². The molecule has 0 bridgehead atoms. The molecule has 0 saturated carbocycles. The highest BCUT2D eigenvalue weighted by molar-refractivity contribution is 7.99. The number of thioether (sulfide) groups is 1. The van der Waals surface area contributed by atoms with Gasteiger partial charge in [-0.1, -0.05) is 11.6 Å². The topological polar surface area (TPSA) is 39.7 Å². The zero-order valence-electron chi connectivity index (χ0n) is 14.0. The van der Waals surface area contributed by atoms with Crippen molar-refractivity contribution in [3.05, 3.63) is 29.3 Å². The Labute approximate surface area is 149 Å².